The molecule has 11 heteroatoms. The highest BCUT2D eigenvalue weighted by Crippen LogP contribution is 2.04. The summed E-state index contributed by atoms with van der Waals surface area (Å²) in [5.74, 6) is -3.05. The van der Waals surface area contributed by atoms with Gasteiger partial charge in [0, 0.05) is 81.8 Å². The highest BCUT2D eigenvalue weighted by atomic mass is 127. The van der Waals surface area contributed by atoms with Crippen LogP contribution in [0.1, 0.15) is 0 Å². The molecule has 0 unspecified atom stereocenters. The third kappa shape index (κ3) is 10.5. The second kappa shape index (κ2) is 11.6. The summed E-state index contributed by atoms with van der Waals surface area (Å²) in [6.07, 6.45) is 0. The van der Waals surface area contributed by atoms with Crippen LogP contribution >= 0.6 is 22.9 Å². The van der Waals surface area contributed by atoms with Gasteiger partial charge in [-0.25, -0.2) is 3.11 Å². The first-order valence-corrected chi connectivity index (χ1v) is 8.94. The molecule has 0 saturated carbocycles. The predicted molar refractivity (Wildman–Crippen MR) is 95.2 cm³/mol. The lowest BCUT2D eigenvalue weighted by molar-refractivity contribution is -0.306. The monoisotopic (exact) mass is 471 g/mol. The van der Waals surface area contributed by atoms with E-state index >= 15 is 0 Å². The molecule has 10 nitrogen and oxygen atoms in total. The SMILES string of the molecule is O=C([O-])CN1CCN(I)CCN(CC(=O)O)CCN(CC(=O)O)CC1. The normalized spacial score (nSPS) is 20.5. The van der Waals surface area contributed by atoms with Crippen LogP contribution in [0.2, 0.25) is 0 Å². The summed E-state index contributed by atoms with van der Waals surface area (Å²) in [6.45, 7) is 3.47. The number of carbonyl (C=O) groups excluding carboxylic acids is 1. The number of carbonyl (C=O) groups is 3. The van der Waals surface area contributed by atoms with Crippen molar-refractivity contribution >= 4 is 40.8 Å². The van der Waals surface area contributed by atoms with E-state index in [2.05, 4.69) is 22.9 Å². The zero-order chi connectivity index (χ0) is 18.8. The van der Waals surface area contributed by atoms with Crippen molar-refractivity contribution in [3.63, 3.8) is 0 Å². The van der Waals surface area contributed by atoms with Crippen LogP contribution in [0.25, 0.3) is 0 Å². The van der Waals surface area contributed by atoms with Crippen molar-refractivity contribution in [3.05, 3.63) is 0 Å². The lowest BCUT2D eigenvalue weighted by atomic mass is 10.3. The summed E-state index contributed by atoms with van der Waals surface area (Å²) in [5.41, 5.74) is 0. The highest BCUT2D eigenvalue weighted by molar-refractivity contribution is 14.1. The van der Waals surface area contributed by atoms with Gasteiger partial charge in [-0.15, -0.1) is 0 Å². The number of halogens is 1. The topological polar surface area (TPSA) is 128 Å². The largest absolute Gasteiger partial charge is 0.549 e. The van der Waals surface area contributed by atoms with Gasteiger partial charge < -0.3 is 20.1 Å². The summed E-state index contributed by atoms with van der Waals surface area (Å²) in [7, 11) is 0. The zero-order valence-corrected chi connectivity index (χ0v) is 16.1. The van der Waals surface area contributed by atoms with Gasteiger partial charge in [0.25, 0.3) is 0 Å². The molecule has 0 radical (unpaired) electrons. The number of hydrogen-bond acceptors (Lipinski definition) is 8. The number of rotatable bonds is 6. The second-order valence-corrected chi connectivity index (χ2v) is 7.26. The number of aliphatic carboxylic acids is 3. The minimum atomic E-state index is -1.16. The molecular formula is C14H24IN4O6-. The molecule has 0 aromatic rings. The van der Waals surface area contributed by atoms with Crippen LogP contribution in [-0.2, 0) is 14.4 Å². The molecule has 0 aromatic heterocycles. The molecule has 2 N–H and O–H groups in total. The van der Waals surface area contributed by atoms with Crippen molar-refractivity contribution in [3.8, 4) is 0 Å². The fourth-order valence-electron chi connectivity index (χ4n) is 2.55. The third-order valence-corrected chi connectivity index (χ3v) is 4.82. The van der Waals surface area contributed by atoms with E-state index < -0.39 is 17.9 Å². The maximum absolute atomic E-state index is 11.0. The lowest BCUT2D eigenvalue weighted by Gasteiger charge is -2.31. The van der Waals surface area contributed by atoms with Gasteiger partial charge in [-0.05, 0) is 0 Å². The van der Waals surface area contributed by atoms with Crippen LogP contribution in [0.5, 0.6) is 0 Å². The van der Waals surface area contributed by atoms with Crippen molar-refractivity contribution in [2.24, 2.45) is 0 Å². The second-order valence-electron chi connectivity index (χ2n) is 5.90. The smallest absolute Gasteiger partial charge is 0.317 e. The van der Waals surface area contributed by atoms with E-state index in [0.717, 1.165) is 0 Å². The summed E-state index contributed by atoms with van der Waals surface area (Å²) in [5, 5.41) is 28.9. The maximum atomic E-state index is 11.0. The first-order valence-electron chi connectivity index (χ1n) is 7.97. The van der Waals surface area contributed by atoms with Gasteiger partial charge in [-0.1, -0.05) is 0 Å². The highest BCUT2D eigenvalue weighted by Gasteiger charge is 2.18. The van der Waals surface area contributed by atoms with E-state index in [1.54, 1.807) is 14.7 Å². The molecule has 0 spiro atoms. The minimum Gasteiger partial charge on any atom is -0.549 e. The molecule has 0 bridgehead atoms. The molecule has 1 saturated heterocycles. The van der Waals surface area contributed by atoms with Crippen LogP contribution in [0.4, 0.5) is 0 Å². The first-order chi connectivity index (χ1) is 11.8. The van der Waals surface area contributed by atoms with Crippen LogP contribution in [0.3, 0.4) is 0 Å². The predicted octanol–water partition coefficient (Wildman–Crippen LogP) is -2.52. The lowest BCUT2D eigenvalue weighted by Crippen LogP contribution is -2.48. The standard InChI is InChI=1S/C14H25IN4O6/c15-19-7-5-17(10-13(22)23)3-1-16(9-12(20)21)2-4-18(6-8-19)11-14(24)25/h1-11H2,(H,20,21)(H,22,23)(H,24,25)/p-1. The average Bonchev–Trinajstić information content (AvgIpc) is 2.49. The molecule has 1 heterocycles. The van der Waals surface area contributed by atoms with E-state index in [1.807, 2.05) is 3.11 Å². The molecule has 144 valence electrons. The Balaban J connectivity index is 2.76. The molecule has 1 rings (SSSR count). The molecule has 1 fully saturated rings. The fraction of sp³-hybridized carbons (Fsp3) is 0.786. The molecule has 1 aliphatic heterocycles. The molecule has 1 aliphatic rings. The van der Waals surface area contributed by atoms with Crippen LogP contribution in [0, 0.1) is 0 Å². The van der Waals surface area contributed by atoms with Crippen molar-refractivity contribution in [1.82, 2.24) is 17.8 Å². The Morgan fingerprint density at radius 3 is 1.36 bits per heavy atom. The molecule has 25 heavy (non-hydrogen) atoms. The van der Waals surface area contributed by atoms with Crippen LogP contribution < -0.4 is 5.11 Å². The molecule has 0 atom stereocenters. The number of nitrogens with zero attached hydrogens (tertiary/aromatic N) is 4. The van der Waals surface area contributed by atoms with Gasteiger partial charge in [0.15, 0.2) is 0 Å². The Hall–Kier alpha value is -1.02. The number of carboxylic acids is 3. The van der Waals surface area contributed by atoms with Gasteiger partial charge in [-0.2, -0.15) is 0 Å². The summed E-state index contributed by atoms with van der Waals surface area (Å²) >= 11 is 2.14. The van der Waals surface area contributed by atoms with Gasteiger partial charge >= 0.3 is 11.9 Å². The maximum Gasteiger partial charge on any atom is 0.317 e. The Morgan fingerprint density at radius 2 is 1.04 bits per heavy atom. The average molecular weight is 471 g/mol. The molecule has 0 amide bonds. The molecule has 0 aliphatic carbocycles. The number of carboxylic acid groups (broad SMARTS) is 3. The molecular weight excluding hydrogens is 447 g/mol. The molecule has 0 aromatic carbocycles. The van der Waals surface area contributed by atoms with Gasteiger partial charge in [-0.3, -0.25) is 24.3 Å². The minimum absolute atomic E-state index is 0.0950. The van der Waals surface area contributed by atoms with E-state index in [1.165, 1.54) is 0 Å². The van der Waals surface area contributed by atoms with Gasteiger partial charge in [0.05, 0.1) is 19.1 Å². The van der Waals surface area contributed by atoms with Gasteiger partial charge in [0.2, 0.25) is 0 Å². The van der Waals surface area contributed by atoms with E-state index in [-0.39, 0.29) is 19.6 Å². The Kier molecular flexibility index (Phi) is 10.2. The quantitative estimate of drug-likeness (QED) is 0.317. The zero-order valence-electron chi connectivity index (χ0n) is 14.0. The van der Waals surface area contributed by atoms with Crippen molar-refractivity contribution < 1.29 is 29.7 Å². The van der Waals surface area contributed by atoms with Crippen molar-refractivity contribution in [2.45, 2.75) is 0 Å². The first kappa shape index (κ1) is 22.0. The van der Waals surface area contributed by atoms with Crippen molar-refractivity contribution in [1.29, 1.82) is 0 Å². The Labute approximate surface area is 160 Å². The number of hydrogen-bond donors (Lipinski definition) is 2. The third-order valence-electron chi connectivity index (χ3n) is 3.85. The fourth-order valence-corrected chi connectivity index (χ4v) is 2.98. The van der Waals surface area contributed by atoms with E-state index in [0.29, 0.717) is 52.4 Å². The van der Waals surface area contributed by atoms with E-state index in [4.69, 9.17) is 10.2 Å². The Morgan fingerprint density at radius 1 is 0.720 bits per heavy atom. The summed E-state index contributed by atoms with van der Waals surface area (Å²) in [6, 6.07) is 0. The van der Waals surface area contributed by atoms with Crippen LogP contribution in [-0.4, -0.2) is 118 Å². The summed E-state index contributed by atoms with van der Waals surface area (Å²) in [4.78, 5) is 38.1. The van der Waals surface area contributed by atoms with Crippen molar-refractivity contribution in [2.75, 3.05) is 72.0 Å². The van der Waals surface area contributed by atoms with E-state index in [9.17, 15) is 19.5 Å². The Bertz CT molecular complexity index is 435. The summed E-state index contributed by atoms with van der Waals surface area (Å²) < 4.78 is 1.99. The van der Waals surface area contributed by atoms with Crippen LogP contribution in [0.15, 0.2) is 0 Å². The van der Waals surface area contributed by atoms with Gasteiger partial charge in [0.1, 0.15) is 0 Å².